The van der Waals surface area contributed by atoms with Gasteiger partial charge >= 0.3 is 0 Å². The number of aromatic nitrogens is 2. The molecule has 2 rings (SSSR count). The molecule has 2 atom stereocenters. The highest BCUT2D eigenvalue weighted by atomic mass is 32.1. The molecule has 0 saturated heterocycles. The second-order valence-electron chi connectivity index (χ2n) is 4.81. The smallest absolute Gasteiger partial charge is 0.249 e. The third-order valence-corrected chi connectivity index (χ3v) is 4.07. The molecule has 1 N–H and O–H groups in total. The number of thiazole rings is 1. The molecule has 2 aromatic rings. The fourth-order valence-electron chi connectivity index (χ4n) is 1.81. The van der Waals surface area contributed by atoms with Crippen LogP contribution in [0.25, 0.3) is 11.3 Å². The van der Waals surface area contributed by atoms with Crippen molar-refractivity contribution in [3.63, 3.8) is 0 Å². The van der Waals surface area contributed by atoms with Crippen LogP contribution in [0.1, 0.15) is 24.9 Å². The number of hydrogen-bond donors (Lipinski definition) is 1. The van der Waals surface area contributed by atoms with Gasteiger partial charge in [-0.05, 0) is 26.0 Å². The molecule has 22 heavy (non-hydrogen) atoms. The lowest BCUT2D eigenvalue weighted by Crippen LogP contribution is -2.36. The van der Waals surface area contributed by atoms with Crippen LogP contribution in [0.3, 0.4) is 0 Å². The zero-order valence-electron chi connectivity index (χ0n) is 12.7. The third kappa shape index (κ3) is 4.22. The van der Waals surface area contributed by atoms with Crippen molar-refractivity contribution in [3.05, 3.63) is 47.6 Å². The van der Waals surface area contributed by atoms with Gasteiger partial charge in [-0.15, -0.1) is 17.9 Å². The van der Waals surface area contributed by atoms with Gasteiger partial charge < -0.3 is 10.1 Å². The molecule has 6 heteroatoms. The third-order valence-electron chi connectivity index (χ3n) is 3.04. The summed E-state index contributed by atoms with van der Waals surface area (Å²) < 4.78 is 5.31. The van der Waals surface area contributed by atoms with Gasteiger partial charge in [0.15, 0.2) is 0 Å². The largest absolute Gasteiger partial charge is 0.365 e. The number of amides is 1. The number of carbonyl (C=O) groups excluding carboxylic acids is 1. The Morgan fingerprint density at radius 1 is 1.55 bits per heavy atom. The molecule has 0 aliphatic heterocycles. The molecule has 116 valence electrons. The number of ether oxygens (including phenoxy) is 1. The Balaban J connectivity index is 1.99. The molecule has 0 aliphatic carbocycles. The summed E-state index contributed by atoms with van der Waals surface area (Å²) in [6, 6.07) is 3.66. The van der Waals surface area contributed by atoms with Crippen LogP contribution in [0.5, 0.6) is 0 Å². The number of carbonyl (C=O) groups is 1. The van der Waals surface area contributed by atoms with Crippen molar-refractivity contribution in [2.75, 3.05) is 6.61 Å². The summed E-state index contributed by atoms with van der Waals surface area (Å²) in [5, 5.41) is 5.72. The second-order valence-corrected chi connectivity index (χ2v) is 5.70. The van der Waals surface area contributed by atoms with Crippen molar-refractivity contribution in [3.8, 4) is 11.3 Å². The van der Waals surface area contributed by atoms with E-state index >= 15 is 0 Å². The van der Waals surface area contributed by atoms with E-state index in [0.29, 0.717) is 6.61 Å². The predicted octanol–water partition coefficient (Wildman–Crippen LogP) is 2.97. The lowest BCUT2D eigenvalue weighted by Gasteiger charge is -2.15. The number of nitrogens with zero attached hydrogens (tertiary/aromatic N) is 2. The standard InChI is InChI=1S/C16H19N3O2S/c1-4-8-21-12(3)15(20)18-11(2)16-19-14(10-22-16)13-6-5-7-17-9-13/h4-7,9-12H,1,8H2,2-3H3,(H,18,20). The topological polar surface area (TPSA) is 64.1 Å². The first-order valence-corrected chi connectivity index (χ1v) is 7.88. The Kier molecular flexibility index (Phi) is 5.80. The van der Waals surface area contributed by atoms with Crippen LogP contribution in [0.15, 0.2) is 42.6 Å². The minimum absolute atomic E-state index is 0.160. The molecule has 0 aromatic carbocycles. The van der Waals surface area contributed by atoms with E-state index in [2.05, 4.69) is 21.9 Å². The number of nitrogens with one attached hydrogen (secondary N) is 1. The highest BCUT2D eigenvalue weighted by Gasteiger charge is 2.18. The van der Waals surface area contributed by atoms with E-state index in [0.717, 1.165) is 16.3 Å². The SMILES string of the molecule is C=CCOC(C)C(=O)NC(C)c1nc(-c2cccnc2)cs1. The van der Waals surface area contributed by atoms with Crippen molar-refractivity contribution < 1.29 is 9.53 Å². The Hall–Kier alpha value is -2.05. The average molecular weight is 317 g/mol. The molecule has 0 aliphatic rings. The molecule has 5 nitrogen and oxygen atoms in total. The molecule has 0 fully saturated rings. The van der Waals surface area contributed by atoms with Crippen LogP contribution >= 0.6 is 11.3 Å². The zero-order valence-corrected chi connectivity index (χ0v) is 13.5. The lowest BCUT2D eigenvalue weighted by atomic mass is 10.2. The molecule has 0 spiro atoms. The molecule has 2 aromatic heterocycles. The minimum Gasteiger partial charge on any atom is -0.365 e. The Morgan fingerprint density at radius 2 is 2.36 bits per heavy atom. The van der Waals surface area contributed by atoms with Gasteiger partial charge in [0.2, 0.25) is 5.91 Å². The number of rotatable bonds is 7. The molecular weight excluding hydrogens is 298 g/mol. The fraction of sp³-hybridized carbons (Fsp3) is 0.312. The molecule has 2 unspecified atom stereocenters. The molecule has 1 amide bonds. The lowest BCUT2D eigenvalue weighted by molar-refractivity contribution is -0.131. The van der Waals surface area contributed by atoms with E-state index in [4.69, 9.17) is 4.74 Å². The summed E-state index contributed by atoms with van der Waals surface area (Å²) in [7, 11) is 0. The maximum absolute atomic E-state index is 12.0. The first-order valence-electron chi connectivity index (χ1n) is 7.00. The molecular formula is C16H19N3O2S. The maximum Gasteiger partial charge on any atom is 0.249 e. The van der Waals surface area contributed by atoms with Gasteiger partial charge in [0.05, 0.1) is 18.3 Å². The van der Waals surface area contributed by atoms with Gasteiger partial charge in [-0.2, -0.15) is 0 Å². The highest BCUT2D eigenvalue weighted by Crippen LogP contribution is 2.24. The van der Waals surface area contributed by atoms with Gasteiger partial charge in [-0.1, -0.05) is 6.08 Å². The van der Waals surface area contributed by atoms with Crippen molar-refractivity contribution in [2.24, 2.45) is 0 Å². The fourth-order valence-corrected chi connectivity index (χ4v) is 2.65. The van der Waals surface area contributed by atoms with Crippen molar-refractivity contribution in [1.29, 1.82) is 0 Å². The van der Waals surface area contributed by atoms with Crippen LogP contribution in [0.4, 0.5) is 0 Å². The molecule has 0 radical (unpaired) electrons. The average Bonchev–Trinajstić information content (AvgIpc) is 3.03. The molecule has 0 bridgehead atoms. The van der Waals surface area contributed by atoms with E-state index in [1.165, 1.54) is 11.3 Å². The van der Waals surface area contributed by atoms with Crippen molar-refractivity contribution >= 4 is 17.2 Å². The van der Waals surface area contributed by atoms with Crippen LogP contribution in [-0.4, -0.2) is 28.6 Å². The maximum atomic E-state index is 12.0. The van der Waals surface area contributed by atoms with Gasteiger partial charge in [-0.3, -0.25) is 9.78 Å². The predicted molar refractivity (Wildman–Crippen MR) is 87.5 cm³/mol. The van der Waals surface area contributed by atoms with E-state index in [-0.39, 0.29) is 11.9 Å². The summed E-state index contributed by atoms with van der Waals surface area (Å²) in [4.78, 5) is 20.7. The molecule has 0 saturated carbocycles. The number of hydrogen-bond acceptors (Lipinski definition) is 5. The van der Waals surface area contributed by atoms with Gasteiger partial charge in [0.25, 0.3) is 0 Å². The van der Waals surface area contributed by atoms with Crippen LogP contribution in [0.2, 0.25) is 0 Å². The van der Waals surface area contributed by atoms with Crippen molar-refractivity contribution in [2.45, 2.75) is 26.0 Å². The summed E-state index contributed by atoms with van der Waals surface area (Å²) in [5.74, 6) is -0.160. The quantitative estimate of drug-likeness (QED) is 0.797. The summed E-state index contributed by atoms with van der Waals surface area (Å²) in [6.45, 7) is 7.54. The normalized spacial score (nSPS) is 13.4. The first kappa shape index (κ1) is 16.3. The first-order chi connectivity index (χ1) is 10.6. The van der Waals surface area contributed by atoms with Gasteiger partial charge in [0.1, 0.15) is 11.1 Å². The number of pyridine rings is 1. The Morgan fingerprint density at radius 3 is 3.05 bits per heavy atom. The Labute approximate surface area is 134 Å². The van der Waals surface area contributed by atoms with Crippen LogP contribution in [0, 0.1) is 0 Å². The van der Waals surface area contributed by atoms with Gasteiger partial charge in [0, 0.05) is 23.3 Å². The second kappa shape index (κ2) is 7.82. The van der Waals surface area contributed by atoms with E-state index in [1.54, 1.807) is 25.4 Å². The monoisotopic (exact) mass is 317 g/mol. The van der Waals surface area contributed by atoms with Crippen LogP contribution in [-0.2, 0) is 9.53 Å². The summed E-state index contributed by atoms with van der Waals surface area (Å²) >= 11 is 1.51. The van der Waals surface area contributed by atoms with E-state index in [1.807, 2.05) is 24.4 Å². The van der Waals surface area contributed by atoms with E-state index < -0.39 is 6.10 Å². The van der Waals surface area contributed by atoms with Crippen molar-refractivity contribution in [1.82, 2.24) is 15.3 Å². The summed E-state index contributed by atoms with van der Waals surface area (Å²) in [6.07, 6.45) is 4.60. The highest BCUT2D eigenvalue weighted by molar-refractivity contribution is 7.10. The van der Waals surface area contributed by atoms with E-state index in [9.17, 15) is 4.79 Å². The van der Waals surface area contributed by atoms with Gasteiger partial charge in [-0.25, -0.2) is 4.98 Å². The minimum atomic E-state index is -0.516. The molecule has 2 heterocycles. The Bertz CT molecular complexity index is 627. The van der Waals surface area contributed by atoms with Crippen LogP contribution < -0.4 is 5.32 Å². The summed E-state index contributed by atoms with van der Waals surface area (Å²) in [5.41, 5.74) is 1.83. The zero-order chi connectivity index (χ0) is 15.9.